The second kappa shape index (κ2) is 6.16. The molecule has 1 unspecified atom stereocenters. The summed E-state index contributed by atoms with van der Waals surface area (Å²) in [6, 6.07) is 0. The van der Waals surface area contributed by atoms with Gasteiger partial charge in [-0.2, -0.15) is 0 Å². The van der Waals surface area contributed by atoms with E-state index < -0.39 is 11.5 Å². The first-order chi connectivity index (χ1) is 11.3. The lowest BCUT2D eigenvalue weighted by Gasteiger charge is -2.59. The van der Waals surface area contributed by atoms with Gasteiger partial charge in [0.25, 0.3) is 0 Å². The molecule has 0 amide bonds. The smallest absolute Gasteiger partial charge is 0.342 e. The Morgan fingerprint density at radius 1 is 1.42 bits per heavy atom. The third-order valence-electron chi connectivity index (χ3n) is 6.93. The van der Waals surface area contributed by atoms with Crippen molar-refractivity contribution in [2.45, 2.75) is 52.1 Å². The Kier molecular flexibility index (Phi) is 4.47. The summed E-state index contributed by atoms with van der Waals surface area (Å²) in [5, 5.41) is 20.5. The van der Waals surface area contributed by atoms with Crippen LogP contribution in [0, 0.1) is 22.7 Å². The van der Waals surface area contributed by atoms with Crippen LogP contribution in [0.5, 0.6) is 0 Å². The number of allylic oxidation sites excluding steroid dienone is 2. The van der Waals surface area contributed by atoms with Crippen LogP contribution in [0.1, 0.15) is 46.0 Å². The van der Waals surface area contributed by atoms with E-state index in [0.717, 1.165) is 25.7 Å². The second-order valence-corrected chi connectivity index (χ2v) is 8.13. The average molecular weight is 332 g/mol. The second-order valence-electron chi connectivity index (χ2n) is 8.13. The number of hydrogen-bond donors (Lipinski definition) is 2. The number of hydrogen-bond acceptors (Lipinski definition) is 4. The summed E-state index contributed by atoms with van der Waals surface area (Å²) >= 11 is 0. The number of fused-ring (bicyclic) bond motifs is 1. The van der Waals surface area contributed by atoms with Crippen LogP contribution >= 0.6 is 0 Å². The van der Waals surface area contributed by atoms with Crippen LogP contribution in [0.4, 0.5) is 0 Å². The fourth-order valence-corrected chi connectivity index (χ4v) is 5.34. The van der Waals surface area contributed by atoms with Crippen molar-refractivity contribution in [1.29, 1.82) is 0 Å². The maximum atomic E-state index is 11.6. The number of esters is 1. The van der Waals surface area contributed by atoms with Gasteiger partial charge in [-0.25, -0.2) is 4.79 Å². The Hall–Kier alpha value is -1.39. The molecule has 0 aromatic rings. The number of carbonyl (C=O) groups is 1. The molecule has 0 bridgehead atoms. The molecule has 0 aromatic carbocycles. The van der Waals surface area contributed by atoms with Gasteiger partial charge >= 0.3 is 5.97 Å². The zero-order chi connectivity index (χ0) is 17.5. The summed E-state index contributed by atoms with van der Waals surface area (Å²) in [4.78, 5) is 11.6. The minimum atomic E-state index is -0.467. The first-order valence-electron chi connectivity index (χ1n) is 8.87. The van der Waals surface area contributed by atoms with Crippen molar-refractivity contribution in [2.24, 2.45) is 22.7 Å². The van der Waals surface area contributed by atoms with Gasteiger partial charge in [-0.05, 0) is 55.4 Å². The molecule has 132 valence electrons. The lowest BCUT2D eigenvalue weighted by Crippen LogP contribution is -2.57. The van der Waals surface area contributed by atoms with Crippen molar-refractivity contribution in [3.63, 3.8) is 0 Å². The Morgan fingerprint density at radius 3 is 2.79 bits per heavy atom. The summed E-state index contributed by atoms with van der Waals surface area (Å²) in [6.45, 7) is 8.59. The lowest BCUT2D eigenvalue weighted by atomic mass is 9.46. The summed E-state index contributed by atoms with van der Waals surface area (Å²) < 4.78 is 4.85. The molecule has 4 heteroatoms. The molecular weight excluding hydrogens is 304 g/mol. The summed E-state index contributed by atoms with van der Waals surface area (Å²) in [7, 11) is 0. The predicted molar refractivity (Wildman–Crippen MR) is 91.8 cm³/mol. The molecule has 1 heterocycles. The van der Waals surface area contributed by atoms with Crippen molar-refractivity contribution in [2.75, 3.05) is 6.61 Å². The minimum absolute atomic E-state index is 0.00374. The van der Waals surface area contributed by atoms with Crippen molar-refractivity contribution in [1.82, 2.24) is 0 Å². The number of rotatable bonds is 3. The van der Waals surface area contributed by atoms with Crippen LogP contribution in [-0.2, 0) is 9.53 Å². The number of carbonyl (C=O) groups excluding carboxylic acids is 1. The molecule has 3 rings (SSSR count). The average Bonchev–Trinajstić information content (AvgIpc) is 2.96. The van der Waals surface area contributed by atoms with E-state index >= 15 is 0 Å². The van der Waals surface area contributed by atoms with Crippen molar-refractivity contribution < 1.29 is 19.7 Å². The zero-order valence-corrected chi connectivity index (χ0v) is 14.6. The van der Waals surface area contributed by atoms with Gasteiger partial charge in [-0.1, -0.05) is 32.1 Å². The normalized spacial score (nSPS) is 43.8. The quantitative estimate of drug-likeness (QED) is 0.473. The molecule has 1 aliphatic heterocycles. The number of cyclic esters (lactones) is 1. The van der Waals surface area contributed by atoms with Gasteiger partial charge < -0.3 is 14.9 Å². The predicted octanol–water partition coefficient (Wildman–Crippen LogP) is 3.12. The molecule has 2 fully saturated rings. The summed E-state index contributed by atoms with van der Waals surface area (Å²) in [6.07, 6.45) is 8.86. The first-order valence-corrected chi connectivity index (χ1v) is 8.87. The van der Waals surface area contributed by atoms with Crippen LogP contribution in [-0.4, -0.2) is 28.9 Å². The van der Waals surface area contributed by atoms with E-state index in [1.54, 1.807) is 6.08 Å². The first kappa shape index (κ1) is 17.4. The Morgan fingerprint density at radius 2 is 2.17 bits per heavy atom. The molecule has 0 radical (unpaired) electrons. The SMILES string of the molecule is C=C1CCC2[C@](C)(CO)[C@H](O)CC[C@]2(C)[C@@H]1C/C=C1\C=COC1=O. The third-order valence-corrected chi connectivity index (χ3v) is 6.93. The van der Waals surface area contributed by atoms with Crippen molar-refractivity contribution in [3.8, 4) is 0 Å². The molecule has 0 saturated heterocycles. The highest BCUT2D eigenvalue weighted by molar-refractivity contribution is 5.94. The highest BCUT2D eigenvalue weighted by atomic mass is 16.5. The lowest BCUT2D eigenvalue weighted by molar-refractivity contribution is -0.151. The molecule has 0 aromatic heterocycles. The van der Waals surface area contributed by atoms with Crippen molar-refractivity contribution in [3.05, 3.63) is 36.1 Å². The molecule has 0 spiro atoms. The van der Waals surface area contributed by atoms with Gasteiger partial charge in [-0.3, -0.25) is 0 Å². The van der Waals surface area contributed by atoms with E-state index in [2.05, 4.69) is 13.5 Å². The van der Waals surface area contributed by atoms with Gasteiger partial charge in [0.2, 0.25) is 0 Å². The molecule has 2 aliphatic carbocycles. The van der Waals surface area contributed by atoms with E-state index in [1.165, 1.54) is 11.8 Å². The minimum Gasteiger partial charge on any atom is -0.431 e. The van der Waals surface area contributed by atoms with E-state index in [4.69, 9.17) is 4.74 Å². The summed E-state index contributed by atoms with van der Waals surface area (Å²) in [5.74, 6) is 0.208. The zero-order valence-electron chi connectivity index (χ0n) is 14.6. The fourth-order valence-electron chi connectivity index (χ4n) is 5.34. The standard InChI is InChI=1S/C20H28O4/c1-13-4-7-16-19(2,10-8-17(22)20(16,3)12-21)15(13)6-5-14-9-11-24-18(14)23/h5,9,11,15-17,21-22H,1,4,6-8,10,12H2,2-3H3/b14-5+/t15-,16?,17-,19-,20+/m1/s1. The molecule has 3 aliphatic rings. The molecule has 4 nitrogen and oxygen atoms in total. The maximum Gasteiger partial charge on any atom is 0.342 e. The van der Waals surface area contributed by atoms with Gasteiger partial charge in [-0.15, -0.1) is 0 Å². The van der Waals surface area contributed by atoms with E-state index in [9.17, 15) is 15.0 Å². The Balaban J connectivity index is 1.89. The monoisotopic (exact) mass is 332 g/mol. The van der Waals surface area contributed by atoms with Crippen LogP contribution in [0.2, 0.25) is 0 Å². The van der Waals surface area contributed by atoms with Gasteiger partial charge in [0.1, 0.15) is 0 Å². The topological polar surface area (TPSA) is 66.8 Å². The van der Waals surface area contributed by atoms with Crippen molar-refractivity contribution >= 4 is 5.97 Å². The van der Waals surface area contributed by atoms with E-state index in [1.807, 2.05) is 13.0 Å². The van der Waals surface area contributed by atoms with Crippen LogP contribution in [0.15, 0.2) is 36.1 Å². The highest BCUT2D eigenvalue weighted by Crippen LogP contribution is 2.61. The molecule has 24 heavy (non-hydrogen) atoms. The highest BCUT2D eigenvalue weighted by Gasteiger charge is 2.57. The van der Waals surface area contributed by atoms with Crippen LogP contribution in [0.25, 0.3) is 0 Å². The number of aliphatic hydroxyl groups is 2. The fraction of sp³-hybridized carbons (Fsp3) is 0.650. The van der Waals surface area contributed by atoms with E-state index in [-0.39, 0.29) is 29.8 Å². The Bertz CT molecular complexity index is 605. The molecule has 2 N–H and O–H groups in total. The number of ether oxygens (including phenoxy) is 1. The third kappa shape index (κ3) is 2.56. The van der Waals surface area contributed by atoms with Gasteiger partial charge in [0, 0.05) is 5.41 Å². The number of aliphatic hydroxyl groups excluding tert-OH is 2. The van der Waals surface area contributed by atoms with Gasteiger partial charge in [0.15, 0.2) is 0 Å². The van der Waals surface area contributed by atoms with Gasteiger partial charge in [0.05, 0.1) is 24.5 Å². The molecule has 5 atom stereocenters. The molecule has 2 saturated carbocycles. The largest absolute Gasteiger partial charge is 0.431 e. The van der Waals surface area contributed by atoms with Crippen LogP contribution in [0.3, 0.4) is 0 Å². The van der Waals surface area contributed by atoms with E-state index in [0.29, 0.717) is 12.0 Å². The Labute approximate surface area is 143 Å². The van der Waals surface area contributed by atoms with Crippen LogP contribution < -0.4 is 0 Å². The molecular formula is C20H28O4. The summed E-state index contributed by atoms with van der Waals surface area (Å²) in [5.41, 5.74) is 1.34. The maximum absolute atomic E-state index is 11.6.